The average Bonchev–Trinajstić information content (AvgIpc) is 2.60. The van der Waals surface area contributed by atoms with Crippen molar-refractivity contribution in [3.63, 3.8) is 0 Å². The highest BCUT2D eigenvalue weighted by atomic mass is 35.5. The van der Waals surface area contributed by atoms with Gasteiger partial charge < -0.3 is 5.32 Å². The van der Waals surface area contributed by atoms with Gasteiger partial charge in [0, 0.05) is 11.1 Å². The van der Waals surface area contributed by atoms with Crippen LogP contribution in [0.3, 0.4) is 0 Å². The Morgan fingerprint density at radius 1 is 1.15 bits per heavy atom. The third kappa shape index (κ3) is 5.77. The number of nitrogens with one attached hydrogen (secondary N) is 1. The molecule has 1 amide bonds. The van der Waals surface area contributed by atoms with Gasteiger partial charge in [0.2, 0.25) is 15.9 Å². The normalized spacial score (nSPS) is 14.0. The molecule has 8 heteroatoms. The third-order valence-electron chi connectivity index (χ3n) is 4.49. The van der Waals surface area contributed by atoms with E-state index in [1.807, 2.05) is 44.0 Å². The van der Waals surface area contributed by atoms with Gasteiger partial charge >= 0.3 is 0 Å². The molecule has 0 bridgehead atoms. The second-order valence-electron chi connectivity index (χ2n) is 6.52. The average molecular weight is 410 g/mol. The molecular weight excluding hydrogens is 386 g/mol. The van der Waals surface area contributed by atoms with Gasteiger partial charge in [-0.25, -0.2) is 13.6 Å². The number of likely N-dealkylation sites (N-methyl/N-ethyl adjacent to an activating group) is 1. The summed E-state index contributed by atoms with van der Waals surface area (Å²) in [6, 6.07) is 13.4. The maximum absolute atomic E-state index is 12.4. The molecular formula is C19H24ClN3O3S. The van der Waals surface area contributed by atoms with Crippen molar-refractivity contribution in [3.8, 4) is 0 Å². The van der Waals surface area contributed by atoms with E-state index in [1.165, 1.54) is 12.1 Å². The van der Waals surface area contributed by atoms with Gasteiger partial charge in [0.05, 0.1) is 17.5 Å². The lowest BCUT2D eigenvalue weighted by Gasteiger charge is -2.25. The Hall–Kier alpha value is -1.93. The van der Waals surface area contributed by atoms with Crippen LogP contribution in [0.5, 0.6) is 0 Å². The van der Waals surface area contributed by atoms with Crippen LogP contribution in [0.2, 0.25) is 5.02 Å². The summed E-state index contributed by atoms with van der Waals surface area (Å²) in [7, 11) is -1.89. The monoisotopic (exact) mass is 409 g/mol. The minimum atomic E-state index is -3.72. The van der Waals surface area contributed by atoms with Crippen molar-refractivity contribution in [2.24, 2.45) is 5.14 Å². The van der Waals surface area contributed by atoms with Crippen LogP contribution in [0.4, 0.5) is 0 Å². The molecule has 0 aromatic heterocycles. The Kier molecular flexibility index (Phi) is 7.00. The van der Waals surface area contributed by atoms with E-state index in [4.69, 9.17) is 16.7 Å². The topological polar surface area (TPSA) is 92.5 Å². The van der Waals surface area contributed by atoms with E-state index in [9.17, 15) is 13.2 Å². The molecule has 6 nitrogen and oxygen atoms in total. The maximum atomic E-state index is 12.4. The first-order valence-electron chi connectivity index (χ1n) is 8.46. The molecule has 146 valence electrons. The molecule has 2 aromatic carbocycles. The van der Waals surface area contributed by atoms with Crippen LogP contribution < -0.4 is 10.5 Å². The number of sulfonamides is 1. The number of carbonyl (C=O) groups is 1. The first-order chi connectivity index (χ1) is 12.6. The van der Waals surface area contributed by atoms with Gasteiger partial charge in [-0.2, -0.15) is 0 Å². The Morgan fingerprint density at radius 2 is 1.74 bits per heavy atom. The van der Waals surface area contributed by atoms with Crippen molar-refractivity contribution in [2.75, 3.05) is 13.6 Å². The van der Waals surface area contributed by atoms with E-state index in [0.717, 1.165) is 11.1 Å². The number of nitrogens with two attached hydrogens (primary N) is 1. The lowest BCUT2D eigenvalue weighted by atomic mass is 10.1. The highest BCUT2D eigenvalue weighted by Gasteiger charge is 2.18. The standard InChI is InChI=1S/C19H24ClN3O3S/c1-13(17-6-4-5-7-18(17)20)22-19(24)12-23(3)14(2)15-8-10-16(11-9-15)27(21,25)26/h4-11,13-14H,12H2,1-3H3,(H,22,24)(H2,21,25,26). The number of carbonyl (C=O) groups excluding carboxylic acids is 1. The van der Waals surface area contributed by atoms with Crippen molar-refractivity contribution < 1.29 is 13.2 Å². The van der Waals surface area contributed by atoms with Gasteiger partial charge in [-0.15, -0.1) is 0 Å². The van der Waals surface area contributed by atoms with Gasteiger partial charge in [-0.3, -0.25) is 9.69 Å². The summed E-state index contributed by atoms with van der Waals surface area (Å²) in [5.41, 5.74) is 1.75. The zero-order chi connectivity index (χ0) is 20.2. The molecule has 2 rings (SSSR count). The number of hydrogen-bond acceptors (Lipinski definition) is 4. The molecule has 2 atom stereocenters. The van der Waals surface area contributed by atoms with Crippen molar-refractivity contribution in [3.05, 3.63) is 64.7 Å². The van der Waals surface area contributed by atoms with Gasteiger partial charge in [0.15, 0.2) is 0 Å². The third-order valence-corrected chi connectivity index (χ3v) is 5.77. The first-order valence-corrected chi connectivity index (χ1v) is 10.4. The van der Waals surface area contributed by atoms with E-state index in [0.29, 0.717) is 5.02 Å². The van der Waals surface area contributed by atoms with Crippen molar-refractivity contribution in [1.82, 2.24) is 10.2 Å². The molecule has 3 N–H and O–H groups in total. The summed E-state index contributed by atoms with van der Waals surface area (Å²) in [6.45, 7) is 4.01. The molecule has 27 heavy (non-hydrogen) atoms. The lowest BCUT2D eigenvalue weighted by molar-refractivity contribution is -0.123. The Bertz CT molecular complexity index is 901. The summed E-state index contributed by atoms with van der Waals surface area (Å²) in [4.78, 5) is 14.3. The summed E-state index contributed by atoms with van der Waals surface area (Å²) < 4.78 is 22.7. The van der Waals surface area contributed by atoms with Crippen LogP contribution >= 0.6 is 11.6 Å². The number of benzene rings is 2. The predicted octanol–water partition coefficient (Wildman–Crippen LogP) is 2.86. The summed E-state index contributed by atoms with van der Waals surface area (Å²) >= 11 is 6.17. The van der Waals surface area contributed by atoms with Crippen LogP contribution in [-0.4, -0.2) is 32.8 Å². The summed E-state index contributed by atoms with van der Waals surface area (Å²) in [5.74, 6) is -0.127. The molecule has 2 aromatic rings. The molecule has 0 heterocycles. The van der Waals surface area contributed by atoms with Gasteiger partial charge in [0.1, 0.15) is 0 Å². The molecule has 0 aliphatic heterocycles. The zero-order valence-corrected chi connectivity index (χ0v) is 17.1. The molecule has 0 fully saturated rings. The highest BCUT2D eigenvalue weighted by molar-refractivity contribution is 7.89. The van der Waals surface area contributed by atoms with Crippen LogP contribution in [-0.2, 0) is 14.8 Å². The fourth-order valence-corrected chi connectivity index (χ4v) is 3.56. The molecule has 0 aliphatic carbocycles. The van der Waals surface area contributed by atoms with E-state index in [1.54, 1.807) is 18.2 Å². The van der Waals surface area contributed by atoms with E-state index in [2.05, 4.69) is 5.32 Å². The number of rotatable bonds is 7. The summed E-state index contributed by atoms with van der Waals surface area (Å²) in [6.07, 6.45) is 0. The second-order valence-corrected chi connectivity index (χ2v) is 8.48. The number of hydrogen-bond donors (Lipinski definition) is 2. The summed E-state index contributed by atoms with van der Waals surface area (Å²) in [5, 5.41) is 8.67. The number of nitrogens with zero attached hydrogens (tertiary/aromatic N) is 1. The smallest absolute Gasteiger partial charge is 0.238 e. The lowest BCUT2D eigenvalue weighted by Crippen LogP contribution is -2.37. The van der Waals surface area contributed by atoms with Crippen LogP contribution in [0.15, 0.2) is 53.4 Å². The molecule has 0 spiro atoms. The molecule has 0 aliphatic rings. The van der Waals surface area contributed by atoms with Gasteiger partial charge in [0.25, 0.3) is 0 Å². The zero-order valence-electron chi connectivity index (χ0n) is 15.5. The van der Waals surface area contributed by atoms with Crippen molar-refractivity contribution >= 4 is 27.5 Å². The second kappa shape index (κ2) is 8.84. The number of halogens is 1. The number of primary sulfonamides is 1. The van der Waals surface area contributed by atoms with E-state index >= 15 is 0 Å². The highest BCUT2D eigenvalue weighted by Crippen LogP contribution is 2.23. The number of amides is 1. The fourth-order valence-electron chi connectivity index (χ4n) is 2.75. The maximum Gasteiger partial charge on any atom is 0.238 e. The van der Waals surface area contributed by atoms with Gasteiger partial charge in [-0.05, 0) is 50.2 Å². The molecule has 0 saturated carbocycles. The minimum absolute atomic E-state index is 0.0624. The first kappa shape index (κ1) is 21.4. The fraction of sp³-hybridized carbons (Fsp3) is 0.316. The Labute approximate surface area is 165 Å². The molecule has 0 saturated heterocycles. The molecule has 0 radical (unpaired) electrons. The van der Waals surface area contributed by atoms with Crippen molar-refractivity contribution in [1.29, 1.82) is 0 Å². The van der Waals surface area contributed by atoms with Gasteiger partial charge in [-0.1, -0.05) is 41.9 Å². The van der Waals surface area contributed by atoms with Crippen molar-refractivity contribution in [2.45, 2.75) is 30.8 Å². The van der Waals surface area contributed by atoms with E-state index in [-0.39, 0.29) is 29.4 Å². The largest absolute Gasteiger partial charge is 0.348 e. The molecule has 2 unspecified atom stereocenters. The van der Waals surface area contributed by atoms with Crippen LogP contribution in [0.1, 0.15) is 37.1 Å². The van der Waals surface area contributed by atoms with Crippen LogP contribution in [0.25, 0.3) is 0 Å². The van der Waals surface area contributed by atoms with Crippen LogP contribution in [0, 0.1) is 0 Å². The Morgan fingerprint density at radius 3 is 2.30 bits per heavy atom. The predicted molar refractivity (Wildman–Crippen MR) is 107 cm³/mol. The quantitative estimate of drug-likeness (QED) is 0.735. The SMILES string of the molecule is CC(NC(=O)CN(C)C(C)c1ccc(S(N)(=O)=O)cc1)c1ccccc1Cl. The minimum Gasteiger partial charge on any atom is -0.348 e. The Balaban J connectivity index is 1.98. The van der Waals surface area contributed by atoms with E-state index < -0.39 is 10.0 Å².